The smallest absolute Gasteiger partial charge is 0.436 e. The standard InChI is InChI=1S/C20H13F3N2O2/c1-25(19(26)20(21,22)23)13-9-10-17-16(11-13)24-18(27-17)15-8-4-6-12-5-2-3-7-14(12)15/h2-11H,1H3. The summed E-state index contributed by atoms with van der Waals surface area (Å²) in [7, 11) is 1.07. The van der Waals surface area contributed by atoms with E-state index in [-0.39, 0.29) is 5.69 Å². The number of oxazole rings is 1. The number of benzene rings is 3. The molecule has 4 nitrogen and oxygen atoms in total. The van der Waals surface area contributed by atoms with Gasteiger partial charge in [-0.3, -0.25) is 4.79 Å². The van der Waals surface area contributed by atoms with Crippen LogP contribution in [-0.4, -0.2) is 24.1 Å². The van der Waals surface area contributed by atoms with Crippen LogP contribution in [0.1, 0.15) is 0 Å². The molecule has 0 saturated heterocycles. The predicted molar refractivity (Wildman–Crippen MR) is 96.4 cm³/mol. The van der Waals surface area contributed by atoms with Crippen molar-refractivity contribution >= 4 is 33.5 Å². The number of aromatic nitrogens is 1. The Labute approximate surface area is 151 Å². The first-order valence-corrected chi connectivity index (χ1v) is 8.08. The molecule has 1 aromatic heterocycles. The Balaban J connectivity index is 1.78. The van der Waals surface area contributed by atoms with Crippen LogP contribution in [0.3, 0.4) is 0 Å². The average Bonchev–Trinajstić information content (AvgIpc) is 3.08. The second kappa shape index (κ2) is 6.12. The monoisotopic (exact) mass is 370 g/mol. The molecule has 7 heteroatoms. The van der Waals surface area contributed by atoms with Crippen LogP contribution < -0.4 is 4.90 Å². The summed E-state index contributed by atoms with van der Waals surface area (Å²) < 4.78 is 43.7. The van der Waals surface area contributed by atoms with Gasteiger partial charge < -0.3 is 9.32 Å². The fraction of sp³-hybridized carbons (Fsp3) is 0.100. The summed E-state index contributed by atoms with van der Waals surface area (Å²) >= 11 is 0. The summed E-state index contributed by atoms with van der Waals surface area (Å²) in [6, 6.07) is 17.8. The topological polar surface area (TPSA) is 46.3 Å². The molecule has 4 aromatic rings. The average molecular weight is 370 g/mol. The van der Waals surface area contributed by atoms with Crippen molar-refractivity contribution in [2.75, 3.05) is 11.9 Å². The van der Waals surface area contributed by atoms with Crippen LogP contribution in [0.4, 0.5) is 18.9 Å². The Hall–Kier alpha value is -3.35. The van der Waals surface area contributed by atoms with E-state index in [1.54, 1.807) is 0 Å². The van der Waals surface area contributed by atoms with Crippen molar-refractivity contribution in [3.63, 3.8) is 0 Å². The van der Waals surface area contributed by atoms with Crippen LogP contribution in [0.5, 0.6) is 0 Å². The highest BCUT2D eigenvalue weighted by Crippen LogP contribution is 2.32. The molecule has 0 unspecified atom stereocenters. The summed E-state index contributed by atoms with van der Waals surface area (Å²) in [5.41, 5.74) is 1.67. The van der Waals surface area contributed by atoms with Crippen molar-refractivity contribution in [1.82, 2.24) is 4.98 Å². The van der Waals surface area contributed by atoms with Crippen LogP contribution in [0.2, 0.25) is 0 Å². The van der Waals surface area contributed by atoms with E-state index >= 15 is 0 Å². The second-order valence-electron chi connectivity index (χ2n) is 6.06. The van der Waals surface area contributed by atoms with Gasteiger partial charge in [-0.05, 0) is 35.0 Å². The zero-order valence-corrected chi connectivity index (χ0v) is 14.1. The molecule has 0 aliphatic rings. The van der Waals surface area contributed by atoms with Gasteiger partial charge in [-0.15, -0.1) is 0 Å². The minimum absolute atomic E-state index is 0.0857. The van der Waals surface area contributed by atoms with Crippen LogP contribution in [-0.2, 0) is 4.79 Å². The molecule has 0 atom stereocenters. The van der Waals surface area contributed by atoms with Gasteiger partial charge in [0.25, 0.3) is 0 Å². The van der Waals surface area contributed by atoms with Gasteiger partial charge in [-0.25, -0.2) is 4.98 Å². The molecule has 0 saturated carbocycles. The predicted octanol–water partition coefficient (Wildman–Crippen LogP) is 5.17. The molecular weight excluding hydrogens is 357 g/mol. The van der Waals surface area contributed by atoms with Crippen molar-refractivity contribution in [3.8, 4) is 11.5 Å². The summed E-state index contributed by atoms with van der Waals surface area (Å²) in [6.45, 7) is 0. The number of alkyl halides is 3. The molecule has 0 bridgehead atoms. The lowest BCUT2D eigenvalue weighted by atomic mass is 10.0. The van der Waals surface area contributed by atoms with E-state index in [1.807, 2.05) is 42.5 Å². The molecule has 136 valence electrons. The summed E-state index contributed by atoms with van der Waals surface area (Å²) in [4.78, 5) is 16.4. The largest absolute Gasteiger partial charge is 0.471 e. The molecule has 0 fully saturated rings. The normalized spacial score (nSPS) is 11.9. The van der Waals surface area contributed by atoms with E-state index < -0.39 is 12.1 Å². The molecular formula is C20H13F3N2O2. The molecule has 0 aliphatic carbocycles. The highest BCUT2D eigenvalue weighted by atomic mass is 19.4. The third-order valence-corrected chi connectivity index (χ3v) is 4.33. The first-order chi connectivity index (χ1) is 12.8. The number of rotatable bonds is 2. The zero-order chi connectivity index (χ0) is 19.2. The highest BCUT2D eigenvalue weighted by molar-refractivity contribution is 5.99. The Bertz CT molecular complexity index is 1160. The van der Waals surface area contributed by atoms with Crippen molar-refractivity contribution in [2.45, 2.75) is 6.18 Å². The maximum Gasteiger partial charge on any atom is 0.471 e. The van der Waals surface area contributed by atoms with Gasteiger partial charge in [0.2, 0.25) is 5.89 Å². The number of fused-ring (bicyclic) bond motifs is 2. The molecule has 0 N–H and O–H groups in total. The fourth-order valence-electron chi connectivity index (χ4n) is 2.96. The van der Waals surface area contributed by atoms with Crippen molar-refractivity contribution in [1.29, 1.82) is 0 Å². The van der Waals surface area contributed by atoms with Gasteiger partial charge in [0.05, 0.1) is 0 Å². The van der Waals surface area contributed by atoms with Crippen LogP contribution in [0.25, 0.3) is 33.3 Å². The first-order valence-electron chi connectivity index (χ1n) is 8.08. The second-order valence-corrected chi connectivity index (χ2v) is 6.06. The fourth-order valence-corrected chi connectivity index (χ4v) is 2.96. The number of carbonyl (C=O) groups excluding carboxylic acids is 1. The summed E-state index contributed by atoms with van der Waals surface area (Å²) in [5, 5.41) is 1.98. The van der Waals surface area contributed by atoms with Gasteiger partial charge in [-0.1, -0.05) is 36.4 Å². The maximum atomic E-state index is 12.6. The lowest BCUT2D eigenvalue weighted by Gasteiger charge is -2.18. The quantitative estimate of drug-likeness (QED) is 0.489. The van der Waals surface area contributed by atoms with Gasteiger partial charge >= 0.3 is 12.1 Å². The number of carbonyl (C=O) groups is 1. The van der Waals surface area contributed by atoms with Crippen LogP contribution in [0, 0.1) is 0 Å². The number of amides is 1. The van der Waals surface area contributed by atoms with E-state index in [0.29, 0.717) is 21.9 Å². The van der Waals surface area contributed by atoms with Crippen LogP contribution in [0.15, 0.2) is 65.1 Å². The SMILES string of the molecule is CN(C(=O)C(F)(F)F)c1ccc2oc(-c3cccc4ccccc34)nc2c1. The zero-order valence-electron chi connectivity index (χ0n) is 14.1. The number of anilines is 1. The maximum absolute atomic E-state index is 12.6. The lowest BCUT2D eigenvalue weighted by molar-refractivity contribution is -0.170. The van der Waals surface area contributed by atoms with E-state index in [1.165, 1.54) is 18.2 Å². The molecule has 3 aromatic carbocycles. The Morgan fingerprint density at radius 1 is 1.04 bits per heavy atom. The Morgan fingerprint density at radius 3 is 2.56 bits per heavy atom. The van der Waals surface area contributed by atoms with Gasteiger partial charge in [-0.2, -0.15) is 13.2 Å². The number of hydrogen-bond acceptors (Lipinski definition) is 3. The van der Waals surface area contributed by atoms with Gasteiger partial charge in [0, 0.05) is 18.3 Å². The molecule has 0 spiro atoms. The van der Waals surface area contributed by atoms with Gasteiger partial charge in [0.1, 0.15) is 5.52 Å². The molecule has 1 amide bonds. The Kier molecular flexibility index (Phi) is 3.87. The van der Waals surface area contributed by atoms with Crippen molar-refractivity contribution in [2.24, 2.45) is 0 Å². The third kappa shape index (κ3) is 3.01. The van der Waals surface area contributed by atoms with E-state index in [2.05, 4.69) is 4.98 Å². The molecule has 0 radical (unpaired) electrons. The first kappa shape index (κ1) is 17.1. The van der Waals surface area contributed by atoms with Crippen LogP contribution >= 0.6 is 0 Å². The van der Waals surface area contributed by atoms with Crippen molar-refractivity contribution < 1.29 is 22.4 Å². The third-order valence-electron chi connectivity index (χ3n) is 4.33. The van der Waals surface area contributed by atoms with Crippen molar-refractivity contribution in [3.05, 3.63) is 60.7 Å². The molecule has 0 aliphatic heterocycles. The minimum atomic E-state index is -4.94. The van der Waals surface area contributed by atoms with E-state index in [4.69, 9.17) is 4.42 Å². The molecule has 1 heterocycles. The van der Waals surface area contributed by atoms with E-state index in [9.17, 15) is 18.0 Å². The minimum Gasteiger partial charge on any atom is -0.436 e. The Morgan fingerprint density at radius 2 is 1.78 bits per heavy atom. The number of nitrogens with zero attached hydrogens (tertiary/aromatic N) is 2. The lowest BCUT2D eigenvalue weighted by Crippen LogP contribution is -2.38. The number of hydrogen-bond donors (Lipinski definition) is 0. The summed E-state index contributed by atoms with van der Waals surface area (Å²) in [6.07, 6.45) is -4.94. The van der Waals surface area contributed by atoms with Gasteiger partial charge in [0.15, 0.2) is 5.58 Å². The molecule has 4 rings (SSSR count). The molecule has 27 heavy (non-hydrogen) atoms. The number of halogens is 3. The van der Waals surface area contributed by atoms with E-state index in [0.717, 1.165) is 23.4 Å². The summed E-state index contributed by atoms with van der Waals surface area (Å²) in [5.74, 6) is -1.58. The highest BCUT2D eigenvalue weighted by Gasteiger charge is 2.41.